The van der Waals surface area contributed by atoms with Crippen molar-refractivity contribution in [1.82, 2.24) is 5.43 Å². The van der Waals surface area contributed by atoms with E-state index in [1.807, 2.05) is 0 Å². The van der Waals surface area contributed by atoms with Crippen LogP contribution in [0.15, 0.2) is 47.6 Å². The first kappa shape index (κ1) is 16.0. The van der Waals surface area contributed by atoms with Crippen LogP contribution < -0.4 is 10.2 Å². The molecule has 2 aromatic carbocycles. The number of ether oxygens (including phenoxy) is 1. The number of amides is 1. The Balaban J connectivity index is 2.05. The van der Waals surface area contributed by atoms with Gasteiger partial charge in [0, 0.05) is 23.3 Å². The quantitative estimate of drug-likeness (QED) is 0.498. The minimum absolute atomic E-state index is 0.0147. The minimum Gasteiger partial charge on any atom is -0.507 e. The second-order valence-corrected chi connectivity index (χ2v) is 4.43. The summed E-state index contributed by atoms with van der Waals surface area (Å²) in [6.07, 6.45) is 1.27. The monoisotopic (exact) mass is 315 g/mol. The van der Waals surface area contributed by atoms with E-state index < -0.39 is 10.8 Å². The summed E-state index contributed by atoms with van der Waals surface area (Å²) in [6, 6.07) is 9.69. The third-order valence-corrected chi connectivity index (χ3v) is 2.94. The summed E-state index contributed by atoms with van der Waals surface area (Å²) < 4.78 is 5.02. The molecular formula is C15H13N3O5. The van der Waals surface area contributed by atoms with Crippen molar-refractivity contribution in [3.63, 3.8) is 0 Å². The van der Waals surface area contributed by atoms with Gasteiger partial charge in [0.25, 0.3) is 11.6 Å². The number of nitro groups is 1. The summed E-state index contributed by atoms with van der Waals surface area (Å²) in [7, 11) is 1.49. The maximum absolute atomic E-state index is 11.8. The first-order valence-corrected chi connectivity index (χ1v) is 6.46. The molecule has 0 saturated heterocycles. The highest BCUT2D eigenvalue weighted by Crippen LogP contribution is 2.21. The van der Waals surface area contributed by atoms with Crippen LogP contribution in [-0.4, -0.2) is 29.3 Å². The maximum atomic E-state index is 11.8. The molecule has 0 aliphatic heterocycles. The van der Waals surface area contributed by atoms with Crippen molar-refractivity contribution >= 4 is 17.8 Å². The van der Waals surface area contributed by atoms with E-state index in [1.54, 1.807) is 12.1 Å². The number of methoxy groups -OCH3 is 1. The summed E-state index contributed by atoms with van der Waals surface area (Å²) >= 11 is 0. The van der Waals surface area contributed by atoms with Crippen molar-refractivity contribution in [3.8, 4) is 11.5 Å². The molecule has 0 unspecified atom stereocenters. The lowest BCUT2D eigenvalue weighted by Crippen LogP contribution is -2.17. The molecule has 0 atom stereocenters. The van der Waals surface area contributed by atoms with E-state index in [9.17, 15) is 20.0 Å². The van der Waals surface area contributed by atoms with Crippen molar-refractivity contribution in [3.05, 3.63) is 63.7 Å². The van der Waals surface area contributed by atoms with Crippen LogP contribution in [0.25, 0.3) is 0 Å². The van der Waals surface area contributed by atoms with Crippen LogP contribution in [0.3, 0.4) is 0 Å². The SMILES string of the molecule is COc1ccc(O)c(/C=N/NC(=O)c2ccc([N+](=O)[O-])cc2)c1. The number of hydrogen-bond donors (Lipinski definition) is 2. The number of carbonyl (C=O) groups is 1. The summed E-state index contributed by atoms with van der Waals surface area (Å²) in [6.45, 7) is 0. The second kappa shape index (κ2) is 7.03. The molecule has 2 N–H and O–H groups in total. The van der Waals surface area contributed by atoms with Crippen LogP contribution in [0, 0.1) is 10.1 Å². The molecule has 23 heavy (non-hydrogen) atoms. The number of hydrazone groups is 1. The van der Waals surface area contributed by atoms with Crippen molar-refractivity contribution in [2.75, 3.05) is 7.11 Å². The van der Waals surface area contributed by atoms with Gasteiger partial charge in [-0.15, -0.1) is 0 Å². The van der Waals surface area contributed by atoms with Crippen LogP contribution >= 0.6 is 0 Å². The number of carbonyl (C=O) groups excluding carboxylic acids is 1. The lowest BCUT2D eigenvalue weighted by atomic mass is 10.2. The summed E-state index contributed by atoms with van der Waals surface area (Å²) in [5, 5.41) is 24.0. The second-order valence-electron chi connectivity index (χ2n) is 4.43. The number of aromatic hydroxyl groups is 1. The van der Waals surface area contributed by atoms with Gasteiger partial charge in [-0.05, 0) is 30.3 Å². The Hall–Kier alpha value is -3.42. The topological polar surface area (TPSA) is 114 Å². The van der Waals surface area contributed by atoms with Gasteiger partial charge in [0.15, 0.2) is 0 Å². The molecular weight excluding hydrogens is 302 g/mol. The molecule has 0 aliphatic carbocycles. The molecule has 2 aromatic rings. The molecule has 1 amide bonds. The van der Waals surface area contributed by atoms with Crippen molar-refractivity contribution in [1.29, 1.82) is 0 Å². The average Bonchev–Trinajstić information content (AvgIpc) is 2.56. The smallest absolute Gasteiger partial charge is 0.271 e. The lowest BCUT2D eigenvalue weighted by Gasteiger charge is -2.03. The highest BCUT2D eigenvalue weighted by molar-refractivity contribution is 5.95. The summed E-state index contributed by atoms with van der Waals surface area (Å²) in [5.74, 6) is -0.0105. The fourth-order valence-electron chi connectivity index (χ4n) is 1.72. The van der Waals surface area contributed by atoms with Gasteiger partial charge < -0.3 is 9.84 Å². The molecule has 0 fully saturated rings. The van der Waals surface area contributed by atoms with Crippen LogP contribution in [0.1, 0.15) is 15.9 Å². The highest BCUT2D eigenvalue weighted by atomic mass is 16.6. The molecule has 0 saturated carbocycles. The van der Waals surface area contributed by atoms with E-state index in [0.29, 0.717) is 11.3 Å². The van der Waals surface area contributed by atoms with E-state index in [4.69, 9.17) is 4.74 Å². The van der Waals surface area contributed by atoms with E-state index in [2.05, 4.69) is 10.5 Å². The molecule has 2 rings (SSSR count). The van der Waals surface area contributed by atoms with Gasteiger partial charge in [-0.1, -0.05) is 0 Å². The van der Waals surface area contributed by atoms with Crippen molar-refractivity contribution in [2.24, 2.45) is 5.10 Å². The zero-order valence-electron chi connectivity index (χ0n) is 12.1. The highest BCUT2D eigenvalue weighted by Gasteiger charge is 2.08. The Morgan fingerprint density at radius 1 is 1.30 bits per heavy atom. The molecule has 8 heteroatoms. The van der Waals surface area contributed by atoms with E-state index >= 15 is 0 Å². The Morgan fingerprint density at radius 2 is 2.00 bits per heavy atom. The number of hydrogen-bond acceptors (Lipinski definition) is 6. The molecule has 0 aliphatic rings. The largest absolute Gasteiger partial charge is 0.507 e. The third-order valence-electron chi connectivity index (χ3n) is 2.94. The third kappa shape index (κ3) is 4.03. The number of non-ortho nitro benzene ring substituents is 1. The Labute approximate surface area is 131 Å². The van der Waals surface area contributed by atoms with Crippen LogP contribution in [0.5, 0.6) is 11.5 Å². The number of rotatable bonds is 5. The Morgan fingerprint density at radius 3 is 2.61 bits per heavy atom. The molecule has 118 valence electrons. The van der Waals surface area contributed by atoms with Crippen LogP contribution in [-0.2, 0) is 0 Å². The Kier molecular flexibility index (Phi) is 4.88. The van der Waals surface area contributed by atoms with Crippen molar-refractivity contribution < 1.29 is 19.6 Å². The van der Waals surface area contributed by atoms with Gasteiger partial charge in [0.2, 0.25) is 0 Å². The van der Waals surface area contributed by atoms with Gasteiger partial charge in [-0.2, -0.15) is 5.10 Å². The molecule has 0 radical (unpaired) electrons. The number of nitrogens with zero attached hydrogens (tertiary/aromatic N) is 2. The lowest BCUT2D eigenvalue weighted by molar-refractivity contribution is -0.384. The van der Waals surface area contributed by atoms with Crippen molar-refractivity contribution in [2.45, 2.75) is 0 Å². The standard InChI is InChI=1S/C15H13N3O5/c1-23-13-6-7-14(19)11(8-13)9-16-17-15(20)10-2-4-12(5-3-10)18(21)22/h2-9,19H,1H3,(H,17,20)/b16-9+. The zero-order chi connectivity index (χ0) is 16.8. The minimum atomic E-state index is -0.550. The molecule has 0 aromatic heterocycles. The Bertz CT molecular complexity index is 756. The predicted molar refractivity (Wildman–Crippen MR) is 82.8 cm³/mol. The number of nitro benzene ring substituents is 1. The van der Waals surface area contributed by atoms with Crippen LogP contribution in [0.4, 0.5) is 5.69 Å². The van der Waals surface area contributed by atoms with E-state index in [0.717, 1.165) is 0 Å². The fraction of sp³-hybridized carbons (Fsp3) is 0.0667. The van der Waals surface area contributed by atoms with Gasteiger partial charge >= 0.3 is 0 Å². The van der Waals surface area contributed by atoms with Gasteiger partial charge in [-0.25, -0.2) is 5.43 Å². The molecule has 0 heterocycles. The number of benzene rings is 2. The molecule has 0 spiro atoms. The van der Waals surface area contributed by atoms with Crippen LogP contribution in [0.2, 0.25) is 0 Å². The normalized spacial score (nSPS) is 10.5. The number of phenolic OH excluding ortho intramolecular Hbond substituents is 1. The van der Waals surface area contributed by atoms with E-state index in [-0.39, 0.29) is 17.0 Å². The van der Waals surface area contributed by atoms with Gasteiger partial charge in [0.1, 0.15) is 11.5 Å². The number of phenols is 1. The first-order chi connectivity index (χ1) is 11.0. The maximum Gasteiger partial charge on any atom is 0.271 e. The summed E-state index contributed by atoms with van der Waals surface area (Å²) in [5.41, 5.74) is 2.76. The van der Waals surface area contributed by atoms with E-state index in [1.165, 1.54) is 43.7 Å². The fourth-order valence-corrected chi connectivity index (χ4v) is 1.72. The zero-order valence-corrected chi connectivity index (χ0v) is 12.1. The number of nitrogens with one attached hydrogen (secondary N) is 1. The first-order valence-electron chi connectivity index (χ1n) is 6.46. The predicted octanol–water partition coefficient (Wildman–Crippen LogP) is 2.07. The molecule has 8 nitrogen and oxygen atoms in total. The summed E-state index contributed by atoms with van der Waals surface area (Å²) in [4.78, 5) is 21.8. The average molecular weight is 315 g/mol. The van der Waals surface area contributed by atoms with Gasteiger partial charge in [-0.3, -0.25) is 14.9 Å². The van der Waals surface area contributed by atoms with Gasteiger partial charge in [0.05, 0.1) is 18.2 Å². The molecule has 0 bridgehead atoms.